The molecular formula is C12H11NO4S. The number of sulfone groups is 1. The van der Waals surface area contributed by atoms with Crippen molar-refractivity contribution in [1.82, 2.24) is 4.98 Å². The molecule has 1 aromatic carbocycles. The Hall–Kier alpha value is -2.08. The van der Waals surface area contributed by atoms with E-state index < -0.39 is 15.8 Å². The van der Waals surface area contributed by atoms with Crippen LogP contribution in [0.15, 0.2) is 41.4 Å². The average Bonchev–Trinajstić information content (AvgIpc) is 2.77. The Morgan fingerprint density at radius 1 is 1.17 bits per heavy atom. The fraction of sp³-hybridized carbons (Fsp3) is 0.0833. The van der Waals surface area contributed by atoms with Gasteiger partial charge in [-0.05, 0) is 29.3 Å². The Balaban J connectivity index is 2.37. The predicted molar refractivity (Wildman–Crippen MR) is 66.3 cm³/mol. The lowest BCUT2D eigenvalue weighted by atomic mass is 10.1. The van der Waals surface area contributed by atoms with Crippen molar-refractivity contribution in [3.63, 3.8) is 0 Å². The maximum Gasteiger partial charge on any atom is 0.352 e. The zero-order chi connectivity index (χ0) is 13.3. The van der Waals surface area contributed by atoms with Crippen molar-refractivity contribution in [1.29, 1.82) is 0 Å². The highest BCUT2D eigenvalue weighted by molar-refractivity contribution is 7.90. The Morgan fingerprint density at radius 3 is 2.22 bits per heavy atom. The van der Waals surface area contributed by atoms with Gasteiger partial charge in [0.15, 0.2) is 9.84 Å². The maximum atomic E-state index is 11.3. The van der Waals surface area contributed by atoms with E-state index in [2.05, 4.69) is 4.98 Å². The van der Waals surface area contributed by atoms with Crippen molar-refractivity contribution >= 4 is 15.8 Å². The summed E-state index contributed by atoms with van der Waals surface area (Å²) in [6, 6.07) is 7.78. The molecule has 94 valence electrons. The summed E-state index contributed by atoms with van der Waals surface area (Å²) in [4.78, 5) is 13.6. The molecule has 0 bridgehead atoms. The standard InChI is InChI=1S/C12H11NO4S/c1-18(16,17)10-4-2-8(3-5-10)9-6-11(12(14)15)13-7-9/h2-7,13H,1H3,(H,14,15). The normalized spacial score (nSPS) is 11.4. The molecule has 0 spiro atoms. The van der Waals surface area contributed by atoms with Gasteiger partial charge in [-0.2, -0.15) is 0 Å². The SMILES string of the molecule is CS(=O)(=O)c1ccc(-c2c[nH]c(C(=O)O)c2)cc1. The van der Waals surface area contributed by atoms with E-state index in [1.165, 1.54) is 18.2 Å². The third kappa shape index (κ3) is 2.43. The third-order valence-electron chi connectivity index (χ3n) is 2.53. The maximum absolute atomic E-state index is 11.3. The van der Waals surface area contributed by atoms with Gasteiger partial charge in [0, 0.05) is 12.5 Å². The van der Waals surface area contributed by atoms with E-state index in [0.717, 1.165) is 11.8 Å². The summed E-state index contributed by atoms with van der Waals surface area (Å²) >= 11 is 0. The molecule has 0 radical (unpaired) electrons. The Morgan fingerprint density at radius 2 is 1.78 bits per heavy atom. The van der Waals surface area contributed by atoms with E-state index in [9.17, 15) is 13.2 Å². The second kappa shape index (κ2) is 4.30. The highest BCUT2D eigenvalue weighted by atomic mass is 32.2. The zero-order valence-electron chi connectivity index (χ0n) is 9.54. The van der Waals surface area contributed by atoms with Crippen LogP contribution < -0.4 is 0 Å². The quantitative estimate of drug-likeness (QED) is 0.885. The van der Waals surface area contributed by atoms with Crippen LogP contribution in [0.1, 0.15) is 10.5 Å². The highest BCUT2D eigenvalue weighted by Crippen LogP contribution is 2.22. The number of benzene rings is 1. The highest BCUT2D eigenvalue weighted by Gasteiger charge is 2.09. The topological polar surface area (TPSA) is 87.2 Å². The largest absolute Gasteiger partial charge is 0.477 e. The number of nitrogens with one attached hydrogen (secondary N) is 1. The number of carboxylic acid groups (broad SMARTS) is 1. The molecule has 0 atom stereocenters. The first-order valence-corrected chi connectivity index (χ1v) is 6.99. The third-order valence-corrected chi connectivity index (χ3v) is 3.66. The molecule has 2 aromatic rings. The number of aromatic nitrogens is 1. The zero-order valence-corrected chi connectivity index (χ0v) is 10.4. The summed E-state index contributed by atoms with van der Waals surface area (Å²) in [7, 11) is -3.21. The van der Waals surface area contributed by atoms with E-state index >= 15 is 0 Å². The number of carbonyl (C=O) groups is 1. The minimum absolute atomic E-state index is 0.0946. The first-order chi connectivity index (χ1) is 8.38. The summed E-state index contributed by atoms with van der Waals surface area (Å²) < 4.78 is 22.6. The molecule has 0 aliphatic heterocycles. The van der Waals surface area contributed by atoms with Crippen LogP contribution in [0.25, 0.3) is 11.1 Å². The molecule has 1 aromatic heterocycles. The van der Waals surface area contributed by atoms with Gasteiger partial charge in [0.25, 0.3) is 0 Å². The second-order valence-electron chi connectivity index (χ2n) is 3.90. The fourth-order valence-electron chi connectivity index (χ4n) is 1.58. The van der Waals surface area contributed by atoms with E-state index in [1.807, 2.05) is 0 Å². The molecule has 0 amide bonds. The number of hydrogen-bond donors (Lipinski definition) is 2. The van der Waals surface area contributed by atoms with Gasteiger partial charge < -0.3 is 10.1 Å². The molecule has 2 rings (SSSR count). The number of H-pyrrole nitrogens is 1. The monoisotopic (exact) mass is 265 g/mol. The molecule has 0 unspecified atom stereocenters. The van der Waals surface area contributed by atoms with Gasteiger partial charge in [0.2, 0.25) is 0 Å². The Kier molecular flexibility index (Phi) is 2.96. The van der Waals surface area contributed by atoms with Gasteiger partial charge in [-0.3, -0.25) is 0 Å². The number of carboxylic acids is 1. The molecule has 0 fully saturated rings. The molecule has 0 saturated carbocycles. The van der Waals surface area contributed by atoms with Crippen LogP contribution in [-0.4, -0.2) is 30.7 Å². The molecule has 2 N–H and O–H groups in total. The lowest BCUT2D eigenvalue weighted by Gasteiger charge is -2.00. The minimum atomic E-state index is -3.21. The van der Waals surface area contributed by atoms with Crippen molar-refractivity contribution in [2.24, 2.45) is 0 Å². The van der Waals surface area contributed by atoms with Gasteiger partial charge >= 0.3 is 5.97 Å². The molecule has 6 heteroatoms. The van der Waals surface area contributed by atoms with Crippen molar-refractivity contribution in [2.45, 2.75) is 4.90 Å². The van der Waals surface area contributed by atoms with Crippen LogP contribution in [-0.2, 0) is 9.84 Å². The van der Waals surface area contributed by atoms with Crippen LogP contribution in [0.2, 0.25) is 0 Å². The van der Waals surface area contributed by atoms with Gasteiger partial charge in [-0.1, -0.05) is 12.1 Å². The number of aromatic carboxylic acids is 1. The van der Waals surface area contributed by atoms with Crippen molar-refractivity contribution in [3.05, 3.63) is 42.2 Å². The van der Waals surface area contributed by atoms with Crippen LogP contribution in [0.4, 0.5) is 0 Å². The van der Waals surface area contributed by atoms with Crippen LogP contribution in [0.3, 0.4) is 0 Å². The number of hydrogen-bond acceptors (Lipinski definition) is 3. The average molecular weight is 265 g/mol. The van der Waals surface area contributed by atoms with E-state index in [0.29, 0.717) is 5.56 Å². The fourth-order valence-corrected chi connectivity index (χ4v) is 2.21. The Labute approximate surface area is 104 Å². The van der Waals surface area contributed by atoms with Gasteiger partial charge in [-0.25, -0.2) is 13.2 Å². The Bertz CT molecular complexity index is 683. The second-order valence-corrected chi connectivity index (χ2v) is 5.92. The summed E-state index contributed by atoms with van der Waals surface area (Å²) in [5.74, 6) is -1.03. The van der Waals surface area contributed by atoms with Gasteiger partial charge in [0.05, 0.1) is 4.90 Å². The molecule has 0 saturated heterocycles. The first-order valence-electron chi connectivity index (χ1n) is 5.10. The van der Waals surface area contributed by atoms with E-state index in [4.69, 9.17) is 5.11 Å². The van der Waals surface area contributed by atoms with E-state index in [1.54, 1.807) is 18.3 Å². The van der Waals surface area contributed by atoms with Crippen LogP contribution in [0.5, 0.6) is 0 Å². The lowest BCUT2D eigenvalue weighted by Crippen LogP contribution is -1.96. The van der Waals surface area contributed by atoms with Crippen molar-refractivity contribution in [2.75, 3.05) is 6.26 Å². The molecule has 0 aliphatic carbocycles. The number of aromatic amines is 1. The van der Waals surface area contributed by atoms with E-state index in [-0.39, 0.29) is 10.6 Å². The van der Waals surface area contributed by atoms with Gasteiger partial charge in [-0.15, -0.1) is 0 Å². The molecule has 5 nitrogen and oxygen atoms in total. The molecule has 1 heterocycles. The predicted octanol–water partition coefficient (Wildman–Crippen LogP) is 1.78. The molecule has 18 heavy (non-hydrogen) atoms. The van der Waals surface area contributed by atoms with Crippen molar-refractivity contribution < 1.29 is 18.3 Å². The first kappa shape index (κ1) is 12.4. The number of rotatable bonds is 3. The summed E-state index contributed by atoms with van der Waals surface area (Å²) in [6.45, 7) is 0. The summed E-state index contributed by atoms with van der Waals surface area (Å²) in [5, 5.41) is 8.79. The molecule has 0 aliphatic rings. The summed E-state index contributed by atoms with van der Waals surface area (Å²) in [5.41, 5.74) is 1.55. The van der Waals surface area contributed by atoms with Gasteiger partial charge in [0.1, 0.15) is 5.69 Å². The van der Waals surface area contributed by atoms with Crippen LogP contribution in [0, 0.1) is 0 Å². The summed E-state index contributed by atoms with van der Waals surface area (Å²) in [6.07, 6.45) is 2.71. The molecular weight excluding hydrogens is 254 g/mol. The van der Waals surface area contributed by atoms with Crippen molar-refractivity contribution in [3.8, 4) is 11.1 Å². The van der Waals surface area contributed by atoms with Crippen LogP contribution >= 0.6 is 0 Å². The minimum Gasteiger partial charge on any atom is -0.477 e. The smallest absolute Gasteiger partial charge is 0.352 e. The lowest BCUT2D eigenvalue weighted by molar-refractivity contribution is 0.0691.